The van der Waals surface area contributed by atoms with E-state index in [1.807, 2.05) is 0 Å². The first-order valence-corrected chi connectivity index (χ1v) is 9.76. The van der Waals surface area contributed by atoms with E-state index in [2.05, 4.69) is 10.6 Å². The molecule has 6 N–H and O–H groups in total. The molecule has 0 saturated carbocycles. The third kappa shape index (κ3) is 7.15. The van der Waals surface area contributed by atoms with Crippen LogP contribution in [0.3, 0.4) is 0 Å². The number of carbonyl (C=O) groups is 6. The van der Waals surface area contributed by atoms with Crippen LogP contribution in [0, 0.1) is 0 Å². The van der Waals surface area contributed by atoms with Crippen molar-refractivity contribution in [3.63, 3.8) is 0 Å². The Bertz CT molecular complexity index is 1080. The van der Waals surface area contributed by atoms with Crippen molar-refractivity contribution in [2.75, 3.05) is 10.6 Å². The zero-order chi connectivity index (χ0) is 25.4. The monoisotopic (exact) mass is 472 g/mol. The van der Waals surface area contributed by atoms with E-state index < -0.39 is 48.5 Å². The first-order chi connectivity index (χ1) is 16.0. The predicted octanol–water partition coefficient (Wildman–Crippen LogP) is 2.36. The number of carboxylic acid groups (broad SMARTS) is 4. The van der Waals surface area contributed by atoms with Crippen LogP contribution in [0.4, 0.5) is 11.4 Å². The highest BCUT2D eigenvalue weighted by atomic mass is 16.4. The van der Waals surface area contributed by atoms with E-state index in [9.17, 15) is 39.0 Å². The number of anilines is 2. The van der Waals surface area contributed by atoms with Crippen molar-refractivity contribution in [3.05, 3.63) is 47.5 Å². The van der Waals surface area contributed by atoms with E-state index in [1.54, 1.807) is 0 Å². The quantitative estimate of drug-likeness (QED) is 0.281. The molecule has 0 aromatic heterocycles. The standard InChI is InChI=1S/C22H20N2O10/c25-17(5-7-19(27)28)23-15-3-1-11(9-13(15)21(31)32)12-2-4-16(14(10-12)22(33)34)24-18(26)6-8-20(29)30/h1-4,9-10H,5-8H2,(H,23,25)(H,24,26)(H,27,28)(H,29,30)(H,31,32)(H,33,34). The Labute approximate surface area is 191 Å². The molecule has 0 saturated heterocycles. The molecular formula is C22H20N2O10. The zero-order valence-corrected chi connectivity index (χ0v) is 17.5. The molecule has 0 aliphatic rings. The summed E-state index contributed by atoms with van der Waals surface area (Å²) >= 11 is 0. The van der Waals surface area contributed by atoms with Crippen molar-refractivity contribution in [1.82, 2.24) is 0 Å². The Hall–Kier alpha value is -4.74. The molecule has 0 heterocycles. The molecule has 0 radical (unpaired) electrons. The molecule has 178 valence electrons. The topological polar surface area (TPSA) is 207 Å². The maximum atomic E-state index is 11.9. The highest BCUT2D eigenvalue weighted by molar-refractivity contribution is 6.04. The van der Waals surface area contributed by atoms with Crippen LogP contribution < -0.4 is 10.6 Å². The zero-order valence-electron chi connectivity index (χ0n) is 17.5. The van der Waals surface area contributed by atoms with Gasteiger partial charge in [0.15, 0.2) is 0 Å². The molecule has 12 heteroatoms. The van der Waals surface area contributed by atoms with Gasteiger partial charge in [0.05, 0.1) is 35.3 Å². The number of hydrogen-bond donors (Lipinski definition) is 6. The fraction of sp³-hybridized carbons (Fsp3) is 0.182. The smallest absolute Gasteiger partial charge is 0.337 e. The molecule has 0 atom stereocenters. The molecule has 0 aliphatic heterocycles. The van der Waals surface area contributed by atoms with Gasteiger partial charge in [-0.3, -0.25) is 19.2 Å². The Balaban J connectivity index is 2.33. The Kier molecular flexibility index (Phi) is 8.42. The summed E-state index contributed by atoms with van der Waals surface area (Å²) in [7, 11) is 0. The molecule has 2 aromatic carbocycles. The van der Waals surface area contributed by atoms with E-state index in [0.717, 1.165) is 0 Å². The van der Waals surface area contributed by atoms with Crippen LogP contribution in [0.25, 0.3) is 11.1 Å². The number of amides is 2. The minimum atomic E-state index is -1.38. The van der Waals surface area contributed by atoms with Gasteiger partial charge in [0, 0.05) is 12.8 Å². The summed E-state index contributed by atoms with van der Waals surface area (Å²) in [5, 5.41) is 41.0. The van der Waals surface area contributed by atoms with Gasteiger partial charge in [-0.25, -0.2) is 9.59 Å². The molecule has 12 nitrogen and oxygen atoms in total. The minimum absolute atomic E-state index is 0.0626. The van der Waals surface area contributed by atoms with Crippen LogP contribution in [0.2, 0.25) is 0 Å². The van der Waals surface area contributed by atoms with E-state index in [1.165, 1.54) is 36.4 Å². The second-order valence-electron chi connectivity index (χ2n) is 7.01. The van der Waals surface area contributed by atoms with E-state index in [4.69, 9.17) is 10.2 Å². The largest absolute Gasteiger partial charge is 0.481 e. The van der Waals surface area contributed by atoms with Crippen LogP contribution in [-0.4, -0.2) is 56.1 Å². The number of nitrogens with one attached hydrogen (secondary N) is 2. The van der Waals surface area contributed by atoms with Gasteiger partial charge in [0.25, 0.3) is 0 Å². The summed E-state index contributed by atoms with van der Waals surface area (Å²) in [4.78, 5) is 68.3. The lowest BCUT2D eigenvalue weighted by Gasteiger charge is -2.13. The summed E-state index contributed by atoms with van der Waals surface area (Å²) in [6.45, 7) is 0. The molecule has 0 unspecified atom stereocenters. The van der Waals surface area contributed by atoms with Crippen molar-refractivity contribution < 1.29 is 49.2 Å². The number of hydrogen-bond acceptors (Lipinski definition) is 6. The average molecular weight is 472 g/mol. The summed E-state index contributed by atoms with van der Waals surface area (Å²) in [6, 6.07) is 7.87. The van der Waals surface area contributed by atoms with Gasteiger partial charge in [-0.2, -0.15) is 0 Å². The lowest BCUT2D eigenvalue weighted by atomic mass is 9.98. The van der Waals surface area contributed by atoms with Crippen molar-refractivity contribution in [2.45, 2.75) is 25.7 Å². The molecule has 0 aliphatic carbocycles. The Morgan fingerprint density at radius 3 is 1.21 bits per heavy atom. The van der Waals surface area contributed by atoms with Crippen LogP contribution in [-0.2, 0) is 19.2 Å². The molecule has 2 amide bonds. The molecule has 34 heavy (non-hydrogen) atoms. The maximum Gasteiger partial charge on any atom is 0.337 e. The second kappa shape index (κ2) is 11.2. The van der Waals surface area contributed by atoms with Crippen molar-refractivity contribution >= 4 is 47.1 Å². The lowest BCUT2D eigenvalue weighted by Crippen LogP contribution is -2.16. The van der Waals surface area contributed by atoms with E-state index in [-0.39, 0.29) is 35.3 Å². The normalized spacial score (nSPS) is 10.2. The first kappa shape index (κ1) is 25.5. The van der Waals surface area contributed by atoms with Crippen LogP contribution >= 0.6 is 0 Å². The molecule has 2 rings (SSSR count). The van der Waals surface area contributed by atoms with E-state index in [0.29, 0.717) is 11.1 Å². The minimum Gasteiger partial charge on any atom is -0.481 e. The molecule has 2 aromatic rings. The van der Waals surface area contributed by atoms with E-state index >= 15 is 0 Å². The molecule has 0 bridgehead atoms. The fourth-order valence-electron chi connectivity index (χ4n) is 2.89. The van der Waals surface area contributed by atoms with Gasteiger partial charge in [-0.1, -0.05) is 12.1 Å². The van der Waals surface area contributed by atoms with Crippen molar-refractivity contribution in [3.8, 4) is 11.1 Å². The van der Waals surface area contributed by atoms with Crippen LogP contribution in [0.15, 0.2) is 36.4 Å². The molecule has 0 fully saturated rings. The second-order valence-corrected chi connectivity index (χ2v) is 7.01. The van der Waals surface area contributed by atoms with Gasteiger partial charge in [-0.05, 0) is 35.4 Å². The summed E-state index contributed by atoms with van der Waals surface area (Å²) in [5.41, 5.74) is -0.132. The summed E-state index contributed by atoms with van der Waals surface area (Å²) in [6.07, 6.45) is -1.55. The summed E-state index contributed by atoms with van der Waals surface area (Å²) < 4.78 is 0. The lowest BCUT2D eigenvalue weighted by molar-refractivity contribution is -0.138. The number of carboxylic acids is 4. The fourth-order valence-corrected chi connectivity index (χ4v) is 2.89. The number of aromatic carboxylic acids is 2. The van der Waals surface area contributed by atoms with Gasteiger partial charge < -0.3 is 31.1 Å². The van der Waals surface area contributed by atoms with Gasteiger partial charge in [0.2, 0.25) is 11.8 Å². The maximum absolute atomic E-state index is 11.9. The van der Waals surface area contributed by atoms with Crippen LogP contribution in [0.5, 0.6) is 0 Å². The number of benzene rings is 2. The van der Waals surface area contributed by atoms with Crippen molar-refractivity contribution in [1.29, 1.82) is 0 Å². The SMILES string of the molecule is O=C(O)CCC(=O)Nc1ccc(-c2ccc(NC(=O)CCC(=O)O)c(C(=O)O)c2)cc1C(=O)O. The van der Waals surface area contributed by atoms with Crippen LogP contribution in [0.1, 0.15) is 46.4 Å². The average Bonchev–Trinajstić information content (AvgIpc) is 2.76. The Morgan fingerprint density at radius 1 is 0.559 bits per heavy atom. The van der Waals surface area contributed by atoms with Gasteiger partial charge >= 0.3 is 23.9 Å². The highest BCUT2D eigenvalue weighted by Crippen LogP contribution is 2.29. The van der Waals surface area contributed by atoms with Gasteiger partial charge in [-0.15, -0.1) is 0 Å². The van der Waals surface area contributed by atoms with Crippen molar-refractivity contribution in [2.24, 2.45) is 0 Å². The number of carbonyl (C=O) groups excluding carboxylic acids is 2. The molecule has 0 spiro atoms. The first-order valence-electron chi connectivity index (χ1n) is 9.76. The predicted molar refractivity (Wildman–Crippen MR) is 117 cm³/mol. The number of aliphatic carboxylic acids is 2. The number of rotatable bonds is 11. The summed E-state index contributed by atoms with van der Waals surface area (Å²) in [5.74, 6) is -6.49. The highest BCUT2D eigenvalue weighted by Gasteiger charge is 2.18. The Morgan fingerprint density at radius 2 is 0.912 bits per heavy atom. The third-order valence-electron chi connectivity index (χ3n) is 4.51. The van der Waals surface area contributed by atoms with Gasteiger partial charge in [0.1, 0.15) is 0 Å². The molecular weight excluding hydrogens is 452 g/mol. The third-order valence-corrected chi connectivity index (χ3v) is 4.51.